The van der Waals surface area contributed by atoms with Gasteiger partial charge in [0.15, 0.2) is 17.3 Å². The molecule has 0 radical (unpaired) electrons. The fourth-order valence-electron chi connectivity index (χ4n) is 3.27. The molecular weight excluding hydrogens is 458 g/mol. The number of nitrogens with zero attached hydrogens (tertiary/aromatic N) is 4. The van der Waals surface area contributed by atoms with E-state index in [-0.39, 0.29) is 4.90 Å². The summed E-state index contributed by atoms with van der Waals surface area (Å²) in [4.78, 5) is 0.0832. The third-order valence-electron chi connectivity index (χ3n) is 4.94. The predicted molar refractivity (Wildman–Crippen MR) is 123 cm³/mol. The molecule has 0 fully saturated rings. The van der Waals surface area contributed by atoms with Gasteiger partial charge in [0.1, 0.15) is 5.75 Å². The zero-order valence-corrected chi connectivity index (χ0v) is 19.0. The summed E-state index contributed by atoms with van der Waals surface area (Å²) in [5, 5.41) is 12.5. The van der Waals surface area contributed by atoms with Gasteiger partial charge < -0.3 is 14.2 Å². The molecule has 3 heterocycles. The summed E-state index contributed by atoms with van der Waals surface area (Å²) in [6.45, 7) is 2.90. The standard InChI is InChI=1S/C23H21N5O5S/c1-16-11-12-28(26-16)22-9-10-23(25-24-22)33-18-5-3-17(4-6-18)27-34(29,30)19-7-8-20-21(15-19)32-14-2-13-31-20/h3-12,15,27H,2,13-14H2,1H3. The van der Waals surface area contributed by atoms with Crippen LogP contribution in [0.5, 0.6) is 23.1 Å². The molecule has 34 heavy (non-hydrogen) atoms. The van der Waals surface area contributed by atoms with Crippen LogP contribution in [0.4, 0.5) is 5.69 Å². The summed E-state index contributed by atoms with van der Waals surface area (Å²) in [5.41, 5.74) is 1.26. The largest absolute Gasteiger partial charge is 0.490 e. The zero-order valence-electron chi connectivity index (χ0n) is 18.2. The molecule has 0 atom stereocenters. The first-order chi connectivity index (χ1) is 16.5. The van der Waals surface area contributed by atoms with Crippen molar-refractivity contribution in [3.63, 3.8) is 0 Å². The van der Waals surface area contributed by atoms with E-state index in [1.165, 1.54) is 12.1 Å². The Balaban J connectivity index is 1.25. The van der Waals surface area contributed by atoms with Crippen LogP contribution in [0.15, 0.2) is 71.8 Å². The Kier molecular flexibility index (Phi) is 5.76. The van der Waals surface area contributed by atoms with E-state index in [4.69, 9.17) is 14.2 Å². The molecular formula is C23H21N5O5S. The molecule has 174 valence electrons. The van der Waals surface area contributed by atoms with E-state index in [9.17, 15) is 8.42 Å². The van der Waals surface area contributed by atoms with Crippen molar-refractivity contribution in [2.45, 2.75) is 18.2 Å². The summed E-state index contributed by atoms with van der Waals surface area (Å²) in [6, 6.07) is 16.3. The van der Waals surface area contributed by atoms with Gasteiger partial charge in [0, 0.05) is 30.4 Å². The molecule has 4 aromatic rings. The smallest absolute Gasteiger partial charge is 0.262 e. The van der Waals surface area contributed by atoms with Crippen LogP contribution in [-0.4, -0.2) is 41.6 Å². The Labute approximate surface area is 196 Å². The van der Waals surface area contributed by atoms with Crippen LogP contribution in [0.1, 0.15) is 12.1 Å². The summed E-state index contributed by atoms with van der Waals surface area (Å²) in [7, 11) is -3.82. The predicted octanol–water partition coefficient (Wildman–Crippen LogP) is 3.73. The Bertz CT molecular complexity index is 1400. The Hall–Kier alpha value is -4.12. The second kappa shape index (κ2) is 9.02. The van der Waals surface area contributed by atoms with Crippen molar-refractivity contribution in [1.82, 2.24) is 20.0 Å². The number of hydrogen-bond acceptors (Lipinski definition) is 8. The number of nitrogens with one attached hydrogen (secondary N) is 1. The van der Waals surface area contributed by atoms with Crippen molar-refractivity contribution in [3.05, 3.63) is 72.6 Å². The van der Waals surface area contributed by atoms with Gasteiger partial charge in [-0.15, -0.1) is 10.2 Å². The van der Waals surface area contributed by atoms with Crippen molar-refractivity contribution in [3.8, 4) is 28.9 Å². The molecule has 2 aromatic heterocycles. The lowest BCUT2D eigenvalue weighted by atomic mass is 10.3. The quantitative estimate of drug-likeness (QED) is 0.445. The summed E-state index contributed by atoms with van der Waals surface area (Å²) in [6.07, 6.45) is 2.54. The molecule has 11 heteroatoms. The highest BCUT2D eigenvalue weighted by atomic mass is 32.2. The summed E-state index contributed by atoms with van der Waals surface area (Å²) in [5.74, 6) is 2.30. The molecule has 1 N–H and O–H groups in total. The third kappa shape index (κ3) is 4.79. The molecule has 0 unspecified atom stereocenters. The maximum Gasteiger partial charge on any atom is 0.262 e. The number of fused-ring (bicyclic) bond motifs is 1. The van der Waals surface area contributed by atoms with Crippen LogP contribution in [-0.2, 0) is 10.0 Å². The number of aromatic nitrogens is 4. The van der Waals surface area contributed by atoms with E-state index in [1.807, 2.05) is 13.0 Å². The highest BCUT2D eigenvalue weighted by molar-refractivity contribution is 7.92. The Morgan fingerprint density at radius 2 is 1.74 bits per heavy atom. The average molecular weight is 480 g/mol. The van der Waals surface area contributed by atoms with Gasteiger partial charge in [-0.2, -0.15) is 5.10 Å². The van der Waals surface area contributed by atoms with Gasteiger partial charge >= 0.3 is 0 Å². The third-order valence-corrected chi connectivity index (χ3v) is 6.32. The number of hydrogen-bond donors (Lipinski definition) is 1. The van der Waals surface area contributed by atoms with Gasteiger partial charge in [-0.3, -0.25) is 4.72 Å². The monoisotopic (exact) mass is 479 g/mol. The number of aryl methyl sites for hydroxylation is 1. The molecule has 0 saturated carbocycles. The van der Waals surface area contributed by atoms with E-state index in [0.29, 0.717) is 47.8 Å². The van der Waals surface area contributed by atoms with Crippen LogP contribution < -0.4 is 18.9 Å². The Morgan fingerprint density at radius 1 is 0.941 bits per heavy atom. The van der Waals surface area contributed by atoms with Crippen LogP contribution in [0.25, 0.3) is 5.82 Å². The van der Waals surface area contributed by atoms with Gasteiger partial charge in [-0.05, 0) is 55.5 Å². The van der Waals surface area contributed by atoms with Gasteiger partial charge in [0.25, 0.3) is 10.0 Å². The molecule has 5 rings (SSSR count). The van der Waals surface area contributed by atoms with E-state index >= 15 is 0 Å². The number of benzene rings is 2. The molecule has 2 aromatic carbocycles. The van der Waals surface area contributed by atoms with E-state index in [2.05, 4.69) is 20.0 Å². The van der Waals surface area contributed by atoms with Crippen molar-refractivity contribution in [1.29, 1.82) is 0 Å². The second-order valence-electron chi connectivity index (χ2n) is 7.52. The zero-order chi connectivity index (χ0) is 23.5. The molecule has 0 saturated heterocycles. The maximum atomic E-state index is 12.8. The van der Waals surface area contributed by atoms with Gasteiger partial charge in [-0.1, -0.05) is 0 Å². The van der Waals surface area contributed by atoms with Crippen molar-refractivity contribution in [2.75, 3.05) is 17.9 Å². The number of ether oxygens (including phenoxy) is 3. The van der Waals surface area contributed by atoms with Crippen molar-refractivity contribution < 1.29 is 22.6 Å². The van der Waals surface area contributed by atoms with Gasteiger partial charge in [0.2, 0.25) is 5.88 Å². The van der Waals surface area contributed by atoms with Gasteiger partial charge in [-0.25, -0.2) is 13.1 Å². The van der Waals surface area contributed by atoms with Crippen LogP contribution in [0.2, 0.25) is 0 Å². The first-order valence-electron chi connectivity index (χ1n) is 10.5. The van der Waals surface area contributed by atoms with E-state index in [0.717, 1.165) is 12.1 Å². The fourth-order valence-corrected chi connectivity index (χ4v) is 4.34. The lowest BCUT2D eigenvalue weighted by Gasteiger charge is -2.12. The lowest BCUT2D eigenvalue weighted by Crippen LogP contribution is -2.13. The highest BCUT2D eigenvalue weighted by Gasteiger charge is 2.19. The molecule has 1 aliphatic rings. The molecule has 0 bridgehead atoms. The second-order valence-corrected chi connectivity index (χ2v) is 9.20. The van der Waals surface area contributed by atoms with Gasteiger partial charge in [0.05, 0.1) is 23.8 Å². The number of sulfonamides is 1. The van der Waals surface area contributed by atoms with Crippen molar-refractivity contribution >= 4 is 15.7 Å². The SMILES string of the molecule is Cc1ccn(-c2ccc(Oc3ccc(NS(=O)(=O)c4ccc5c(c4)OCCCO5)cc3)nn2)n1. The Morgan fingerprint density at radius 3 is 2.44 bits per heavy atom. The van der Waals surface area contributed by atoms with Crippen LogP contribution in [0, 0.1) is 6.92 Å². The molecule has 0 amide bonds. The molecule has 1 aliphatic heterocycles. The normalized spacial score (nSPS) is 13.2. The maximum absolute atomic E-state index is 12.8. The van der Waals surface area contributed by atoms with Crippen molar-refractivity contribution in [2.24, 2.45) is 0 Å². The minimum atomic E-state index is -3.82. The minimum Gasteiger partial charge on any atom is -0.490 e. The topological polar surface area (TPSA) is 117 Å². The van der Waals surface area contributed by atoms with E-state index < -0.39 is 10.0 Å². The summed E-state index contributed by atoms with van der Waals surface area (Å²) >= 11 is 0. The van der Waals surface area contributed by atoms with Crippen LogP contribution >= 0.6 is 0 Å². The first-order valence-corrected chi connectivity index (χ1v) is 12.0. The number of rotatable bonds is 6. The molecule has 10 nitrogen and oxygen atoms in total. The highest BCUT2D eigenvalue weighted by Crippen LogP contribution is 2.32. The lowest BCUT2D eigenvalue weighted by molar-refractivity contribution is 0.297. The van der Waals surface area contributed by atoms with E-state index in [1.54, 1.807) is 53.3 Å². The molecule has 0 aliphatic carbocycles. The average Bonchev–Trinajstić information content (AvgIpc) is 3.13. The minimum absolute atomic E-state index is 0.0832. The molecule has 0 spiro atoms. The number of anilines is 1. The first kappa shape index (κ1) is 21.7. The summed E-state index contributed by atoms with van der Waals surface area (Å²) < 4.78 is 46.7. The van der Waals surface area contributed by atoms with Crippen LogP contribution in [0.3, 0.4) is 0 Å². The fraction of sp³-hybridized carbons (Fsp3) is 0.174.